The molecule has 5 nitrogen and oxygen atoms in total. The summed E-state index contributed by atoms with van der Waals surface area (Å²) in [5.41, 5.74) is 3.52. The van der Waals surface area contributed by atoms with E-state index < -0.39 is 0 Å². The van der Waals surface area contributed by atoms with Gasteiger partial charge in [-0.15, -0.1) is 0 Å². The Morgan fingerprint density at radius 3 is 2.57 bits per heavy atom. The molecule has 28 heavy (non-hydrogen) atoms. The Balaban J connectivity index is 1.61. The van der Waals surface area contributed by atoms with Crippen LogP contribution >= 0.6 is 11.8 Å². The number of pyridine rings is 1. The van der Waals surface area contributed by atoms with E-state index in [-0.39, 0.29) is 16.6 Å². The van der Waals surface area contributed by atoms with Gasteiger partial charge >= 0.3 is 0 Å². The Bertz CT molecular complexity index is 960. The van der Waals surface area contributed by atoms with Crippen LogP contribution in [0, 0.1) is 0 Å². The van der Waals surface area contributed by atoms with Gasteiger partial charge in [-0.1, -0.05) is 32.3 Å². The monoisotopic (exact) mass is 394 g/mol. The van der Waals surface area contributed by atoms with E-state index in [0.717, 1.165) is 47.0 Å². The number of aromatic nitrogens is 1. The molecule has 2 N–H and O–H groups in total. The fraction of sp³-hybridized carbons (Fsp3) is 0.318. The van der Waals surface area contributed by atoms with E-state index in [9.17, 15) is 14.7 Å². The minimum atomic E-state index is -0.372. The van der Waals surface area contributed by atoms with E-state index in [1.165, 1.54) is 19.3 Å². The van der Waals surface area contributed by atoms with Gasteiger partial charge < -0.3 is 5.11 Å². The lowest BCUT2D eigenvalue weighted by atomic mass is 9.70. The molecule has 1 aromatic heterocycles. The van der Waals surface area contributed by atoms with Crippen molar-refractivity contribution in [3.05, 3.63) is 52.6 Å². The van der Waals surface area contributed by atoms with E-state index >= 15 is 0 Å². The van der Waals surface area contributed by atoms with Crippen LogP contribution in [0.4, 0.5) is 4.79 Å². The number of hydrogen-bond donors (Lipinski definition) is 2. The number of thioether (sulfide) groups is 1. The average molecular weight is 394 g/mol. The molecular weight excluding hydrogens is 372 g/mol. The highest BCUT2D eigenvalue weighted by atomic mass is 32.2. The highest BCUT2D eigenvalue weighted by Crippen LogP contribution is 2.43. The van der Waals surface area contributed by atoms with Crippen LogP contribution in [0.5, 0.6) is 5.75 Å². The number of amides is 2. The number of phenolic OH excluding ortho intramolecular Hbond substituents is 1. The van der Waals surface area contributed by atoms with Crippen molar-refractivity contribution >= 4 is 29.0 Å². The van der Waals surface area contributed by atoms with Gasteiger partial charge in [-0.3, -0.25) is 19.9 Å². The lowest BCUT2D eigenvalue weighted by molar-refractivity contribution is -0.115. The SMILES string of the molecule is CC1(c2cc(-c3ccc(/C=C4\SC(=O)NC4=O)cn3)ccc2O)CCCCC1. The van der Waals surface area contributed by atoms with Gasteiger partial charge in [0.1, 0.15) is 5.75 Å². The zero-order valence-corrected chi connectivity index (χ0v) is 16.5. The van der Waals surface area contributed by atoms with Crippen LogP contribution < -0.4 is 5.32 Å². The normalized spacial score (nSPS) is 20.4. The van der Waals surface area contributed by atoms with E-state index in [2.05, 4.69) is 23.3 Å². The minimum absolute atomic E-state index is 0.00228. The van der Waals surface area contributed by atoms with E-state index in [1.807, 2.05) is 18.2 Å². The minimum Gasteiger partial charge on any atom is -0.508 e. The second kappa shape index (κ2) is 7.43. The second-order valence-electron chi connectivity index (χ2n) is 7.68. The van der Waals surface area contributed by atoms with Crippen LogP contribution in [0.1, 0.15) is 50.2 Å². The standard InChI is InChI=1S/C22H22N2O3S/c1-22(9-3-2-4-10-22)16-12-15(6-8-18(16)25)17-7-5-14(13-23-17)11-19-20(26)24-21(27)28-19/h5-8,11-13,25H,2-4,9-10H2,1H3,(H,24,26,27)/b19-11-. The third-order valence-electron chi connectivity index (χ3n) is 5.63. The summed E-state index contributed by atoms with van der Waals surface area (Å²) < 4.78 is 0. The molecule has 2 aliphatic rings. The summed E-state index contributed by atoms with van der Waals surface area (Å²) >= 11 is 0.894. The molecule has 1 aromatic carbocycles. The number of nitrogens with zero attached hydrogens (tertiary/aromatic N) is 1. The van der Waals surface area contributed by atoms with Crippen molar-refractivity contribution in [1.82, 2.24) is 10.3 Å². The maximum atomic E-state index is 11.7. The Hall–Kier alpha value is -2.60. The van der Waals surface area contributed by atoms with E-state index in [4.69, 9.17) is 0 Å². The van der Waals surface area contributed by atoms with Crippen LogP contribution in [0.15, 0.2) is 41.4 Å². The van der Waals surface area contributed by atoms with Crippen molar-refractivity contribution in [3.63, 3.8) is 0 Å². The van der Waals surface area contributed by atoms with Gasteiger partial charge in [0.05, 0.1) is 10.6 Å². The topological polar surface area (TPSA) is 79.3 Å². The zero-order chi connectivity index (χ0) is 19.7. The molecule has 0 radical (unpaired) electrons. The van der Waals surface area contributed by atoms with Crippen molar-refractivity contribution < 1.29 is 14.7 Å². The number of carbonyl (C=O) groups excluding carboxylic acids is 2. The van der Waals surface area contributed by atoms with Crippen molar-refractivity contribution in [2.24, 2.45) is 0 Å². The molecule has 2 fully saturated rings. The summed E-state index contributed by atoms with van der Waals surface area (Å²) in [6.45, 7) is 2.24. The quantitative estimate of drug-likeness (QED) is 0.716. The molecule has 1 saturated carbocycles. The van der Waals surface area contributed by atoms with E-state index in [1.54, 1.807) is 18.3 Å². The Kier molecular flexibility index (Phi) is 4.98. The number of carbonyl (C=O) groups is 2. The molecule has 2 amide bonds. The van der Waals surface area contributed by atoms with Crippen molar-refractivity contribution in [2.75, 3.05) is 0 Å². The first-order chi connectivity index (χ1) is 13.4. The van der Waals surface area contributed by atoms with Gasteiger partial charge in [-0.05, 0) is 65.9 Å². The summed E-state index contributed by atoms with van der Waals surface area (Å²) in [4.78, 5) is 27.8. The van der Waals surface area contributed by atoms with Crippen molar-refractivity contribution in [1.29, 1.82) is 0 Å². The molecule has 2 aromatic rings. The first kappa shape index (κ1) is 18.7. The third kappa shape index (κ3) is 3.69. The van der Waals surface area contributed by atoms with Crippen LogP contribution in [0.25, 0.3) is 17.3 Å². The lowest BCUT2D eigenvalue weighted by Gasteiger charge is -2.34. The summed E-state index contributed by atoms with van der Waals surface area (Å²) in [5.74, 6) is -0.0218. The second-order valence-corrected chi connectivity index (χ2v) is 8.70. The van der Waals surface area contributed by atoms with Crippen LogP contribution in [-0.4, -0.2) is 21.2 Å². The van der Waals surface area contributed by atoms with Gasteiger partial charge in [-0.25, -0.2) is 0 Å². The van der Waals surface area contributed by atoms with Gasteiger partial charge in [-0.2, -0.15) is 0 Å². The largest absolute Gasteiger partial charge is 0.508 e. The molecule has 0 unspecified atom stereocenters. The smallest absolute Gasteiger partial charge is 0.290 e. The summed E-state index contributed by atoms with van der Waals surface area (Å²) in [6, 6.07) is 9.46. The lowest BCUT2D eigenvalue weighted by Crippen LogP contribution is -2.25. The number of imide groups is 1. The summed E-state index contributed by atoms with van der Waals surface area (Å²) in [5, 5.41) is 12.3. The molecule has 144 valence electrons. The van der Waals surface area contributed by atoms with Crippen LogP contribution in [-0.2, 0) is 10.2 Å². The number of aromatic hydroxyl groups is 1. The molecule has 0 spiro atoms. The predicted octanol–water partition coefficient (Wildman–Crippen LogP) is 5.00. The fourth-order valence-electron chi connectivity index (χ4n) is 4.01. The molecule has 1 aliphatic heterocycles. The molecule has 0 bridgehead atoms. The number of phenols is 1. The average Bonchev–Trinajstić information content (AvgIpc) is 3.00. The number of benzene rings is 1. The van der Waals surface area contributed by atoms with Gasteiger partial charge in [0.15, 0.2) is 0 Å². The van der Waals surface area contributed by atoms with Crippen molar-refractivity contribution in [3.8, 4) is 17.0 Å². The first-order valence-electron chi connectivity index (χ1n) is 9.49. The highest BCUT2D eigenvalue weighted by molar-refractivity contribution is 8.18. The van der Waals surface area contributed by atoms with Crippen molar-refractivity contribution in [2.45, 2.75) is 44.4 Å². The molecule has 1 aliphatic carbocycles. The molecule has 2 heterocycles. The third-order valence-corrected chi connectivity index (χ3v) is 6.44. The first-order valence-corrected chi connectivity index (χ1v) is 10.3. The molecule has 6 heteroatoms. The molecule has 4 rings (SSSR count). The number of hydrogen-bond acceptors (Lipinski definition) is 5. The maximum Gasteiger partial charge on any atom is 0.290 e. The number of nitrogens with one attached hydrogen (secondary N) is 1. The van der Waals surface area contributed by atoms with Gasteiger partial charge in [0.25, 0.3) is 11.1 Å². The Morgan fingerprint density at radius 1 is 1.14 bits per heavy atom. The maximum absolute atomic E-state index is 11.7. The molecule has 1 saturated heterocycles. The van der Waals surface area contributed by atoms with E-state index in [0.29, 0.717) is 10.7 Å². The van der Waals surface area contributed by atoms with Gasteiger partial charge in [0.2, 0.25) is 0 Å². The Labute approximate surface area is 168 Å². The zero-order valence-electron chi connectivity index (χ0n) is 15.7. The predicted molar refractivity (Wildman–Crippen MR) is 111 cm³/mol. The Morgan fingerprint density at radius 2 is 1.93 bits per heavy atom. The number of rotatable bonds is 3. The summed E-state index contributed by atoms with van der Waals surface area (Å²) in [6.07, 6.45) is 9.16. The molecule has 0 atom stereocenters. The molecular formula is C22H22N2O3S. The summed E-state index contributed by atoms with van der Waals surface area (Å²) in [7, 11) is 0. The van der Waals surface area contributed by atoms with Crippen LogP contribution in [0.3, 0.4) is 0 Å². The van der Waals surface area contributed by atoms with Crippen LogP contribution in [0.2, 0.25) is 0 Å². The fourth-order valence-corrected chi connectivity index (χ4v) is 4.70. The highest BCUT2D eigenvalue weighted by Gasteiger charge is 2.31. The van der Waals surface area contributed by atoms with Gasteiger partial charge in [0, 0.05) is 17.3 Å².